The Hall–Kier alpha value is -3.19. The minimum Gasteiger partial charge on any atom is -0.457 e. The maximum atomic E-state index is 13.5. The number of hydrogen-bond acceptors (Lipinski definition) is 5. The number of aromatic nitrogens is 2. The lowest BCUT2D eigenvalue weighted by Gasteiger charge is -2.38. The molecule has 6 rings (SSSR count). The third-order valence-electron chi connectivity index (χ3n) is 8.01. The number of pyridine rings is 1. The molecule has 2 aromatic heterocycles. The molecule has 5 heterocycles. The van der Waals surface area contributed by atoms with Crippen molar-refractivity contribution < 1.29 is 14.3 Å². The maximum Gasteiger partial charge on any atom is 0.338 e. The van der Waals surface area contributed by atoms with Crippen LogP contribution in [0, 0.1) is 12.3 Å². The van der Waals surface area contributed by atoms with E-state index in [1.165, 1.54) is 11.1 Å². The fourth-order valence-electron chi connectivity index (χ4n) is 5.76. The van der Waals surface area contributed by atoms with E-state index in [9.17, 15) is 9.59 Å². The van der Waals surface area contributed by atoms with Gasteiger partial charge in [-0.05, 0) is 75.0 Å². The molecule has 33 heavy (non-hydrogen) atoms. The van der Waals surface area contributed by atoms with Gasteiger partial charge in [0, 0.05) is 30.5 Å². The minimum atomic E-state index is -0.218. The van der Waals surface area contributed by atoms with E-state index >= 15 is 0 Å². The number of ether oxygens (including phenoxy) is 1. The molecule has 3 aliphatic heterocycles. The molecule has 0 aliphatic carbocycles. The highest BCUT2D eigenvalue weighted by Crippen LogP contribution is 2.43. The second kappa shape index (κ2) is 7.70. The summed E-state index contributed by atoms with van der Waals surface area (Å²) in [7, 11) is 0. The quantitative estimate of drug-likeness (QED) is 0.577. The fourth-order valence-corrected chi connectivity index (χ4v) is 5.76. The van der Waals surface area contributed by atoms with Crippen molar-refractivity contribution >= 4 is 23.1 Å². The van der Waals surface area contributed by atoms with E-state index in [-0.39, 0.29) is 17.3 Å². The van der Waals surface area contributed by atoms with Gasteiger partial charge in [0.05, 0.1) is 29.0 Å². The summed E-state index contributed by atoms with van der Waals surface area (Å²) < 4.78 is 7.15. The van der Waals surface area contributed by atoms with Crippen LogP contribution in [0.25, 0.3) is 5.52 Å². The Labute approximate surface area is 193 Å². The maximum absolute atomic E-state index is 13.5. The highest BCUT2D eigenvalue weighted by atomic mass is 16.5. The van der Waals surface area contributed by atoms with Crippen LogP contribution in [0.15, 0.2) is 43.0 Å². The van der Waals surface area contributed by atoms with Crippen LogP contribution in [0.5, 0.6) is 0 Å². The standard InChI is InChI=1S/C26H28N4O3/c1-18-19(2-3-22-23(18)16-33-24(22)31)4-9-28-11-6-26(7-12-28)8-13-30(25(26)32)20-5-10-29-17-27-15-21(29)14-20/h2-3,5,10,14-15,17H,4,6-9,11-13,16H2,1H3. The van der Waals surface area contributed by atoms with Gasteiger partial charge >= 0.3 is 5.97 Å². The van der Waals surface area contributed by atoms with E-state index in [2.05, 4.69) is 28.9 Å². The first-order valence-corrected chi connectivity index (χ1v) is 11.8. The summed E-state index contributed by atoms with van der Waals surface area (Å²) in [6, 6.07) is 8.04. The molecular formula is C26H28N4O3. The normalized spacial score (nSPS) is 20.1. The fraction of sp³-hybridized carbons (Fsp3) is 0.423. The summed E-state index contributed by atoms with van der Waals surface area (Å²) in [6.07, 6.45) is 9.30. The number of carbonyl (C=O) groups is 2. The number of benzene rings is 1. The monoisotopic (exact) mass is 444 g/mol. The summed E-state index contributed by atoms with van der Waals surface area (Å²) in [5.74, 6) is 0.0755. The van der Waals surface area contributed by atoms with E-state index in [1.54, 1.807) is 6.33 Å². The largest absolute Gasteiger partial charge is 0.457 e. The van der Waals surface area contributed by atoms with Crippen molar-refractivity contribution in [1.29, 1.82) is 0 Å². The van der Waals surface area contributed by atoms with Crippen LogP contribution >= 0.6 is 0 Å². The first-order chi connectivity index (χ1) is 16.0. The smallest absolute Gasteiger partial charge is 0.338 e. The Kier molecular flexibility index (Phi) is 4.76. The van der Waals surface area contributed by atoms with Crippen molar-refractivity contribution in [3.8, 4) is 0 Å². The Morgan fingerprint density at radius 1 is 1.09 bits per heavy atom. The Bertz CT molecular complexity index is 1260. The van der Waals surface area contributed by atoms with Crippen molar-refractivity contribution in [2.24, 2.45) is 5.41 Å². The van der Waals surface area contributed by atoms with E-state index < -0.39 is 0 Å². The second-order valence-corrected chi connectivity index (χ2v) is 9.64. The molecule has 7 heteroatoms. The summed E-state index contributed by atoms with van der Waals surface area (Å²) in [5.41, 5.74) is 5.99. The van der Waals surface area contributed by atoms with Crippen LogP contribution in [0.3, 0.4) is 0 Å². The van der Waals surface area contributed by atoms with Crippen LogP contribution in [0.1, 0.15) is 46.3 Å². The first-order valence-electron chi connectivity index (χ1n) is 11.8. The zero-order valence-corrected chi connectivity index (χ0v) is 18.9. The predicted molar refractivity (Wildman–Crippen MR) is 124 cm³/mol. The van der Waals surface area contributed by atoms with E-state index in [1.807, 2.05) is 33.8 Å². The van der Waals surface area contributed by atoms with Gasteiger partial charge in [0.15, 0.2) is 0 Å². The molecule has 0 bridgehead atoms. The van der Waals surface area contributed by atoms with Crippen molar-refractivity contribution in [3.05, 3.63) is 65.2 Å². The number of carbonyl (C=O) groups excluding carboxylic acids is 2. The average molecular weight is 445 g/mol. The van der Waals surface area contributed by atoms with Crippen molar-refractivity contribution in [1.82, 2.24) is 14.3 Å². The lowest BCUT2D eigenvalue weighted by Crippen LogP contribution is -2.45. The highest BCUT2D eigenvalue weighted by Gasteiger charge is 2.48. The third kappa shape index (κ3) is 3.33. The van der Waals surface area contributed by atoms with Gasteiger partial charge in [-0.3, -0.25) is 4.79 Å². The van der Waals surface area contributed by atoms with E-state index in [0.717, 1.165) is 68.6 Å². The van der Waals surface area contributed by atoms with Gasteiger partial charge < -0.3 is 18.9 Å². The predicted octanol–water partition coefficient (Wildman–Crippen LogP) is 3.37. The molecule has 0 atom stereocenters. The molecule has 170 valence electrons. The number of anilines is 1. The topological polar surface area (TPSA) is 67.2 Å². The second-order valence-electron chi connectivity index (χ2n) is 9.64. The van der Waals surface area contributed by atoms with Gasteiger partial charge in [0.1, 0.15) is 6.61 Å². The van der Waals surface area contributed by atoms with Crippen molar-refractivity contribution in [3.63, 3.8) is 0 Å². The molecule has 1 amide bonds. The molecule has 7 nitrogen and oxygen atoms in total. The van der Waals surface area contributed by atoms with E-state index in [4.69, 9.17) is 4.74 Å². The number of nitrogens with zero attached hydrogens (tertiary/aromatic N) is 4. The summed E-state index contributed by atoms with van der Waals surface area (Å²) in [5, 5.41) is 0. The Morgan fingerprint density at radius 2 is 1.91 bits per heavy atom. The highest BCUT2D eigenvalue weighted by molar-refractivity contribution is 6.00. The summed E-state index contributed by atoms with van der Waals surface area (Å²) >= 11 is 0. The lowest BCUT2D eigenvalue weighted by molar-refractivity contribution is -0.128. The molecule has 2 fully saturated rings. The SMILES string of the molecule is Cc1c(CCN2CCC3(CC2)CCN(c2ccn4cncc4c2)C3=O)ccc2c1COC2=O. The number of hydrogen-bond donors (Lipinski definition) is 0. The van der Waals surface area contributed by atoms with E-state index in [0.29, 0.717) is 12.2 Å². The van der Waals surface area contributed by atoms with Gasteiger partial charge in [0.2, 0.25) is 5.91 Å². The summed E-state index contributed by atoms with van der Waals surface area (Å²) in [6.45, 7) is 6.15. The Balaban J connectivity index is 1.09. The van der Waals surface area contributed by atoms with Gasteiger partial charge in [0.25, 0.3) is 0 Å². The van der Waals surface area contributed by atoms with Crippen LogP contribution in [0.2, 0.25) is 0 Å². The van der Waals surface area contributed by atoms with Gasteiger partial charge in [-0.15, -0.1) is 0 Å². The van der Waals surface area contributed by atoms with Crippen molar-refractivity contribution in [2.75, 3.05) is 31.1 Å². The molecule has 2 saturated heterocycles. The number of piperidine rings is 1. The number of likely N-dealkylation sites (tertiary alicyclic amines) is 1. The van der Waals surface area contributed by atoms with Crippen LogP contribution in [0.4, 0.5) is 5.69 Å². The molecule has 1 spiro atoms. The number of esters is 1. The molecule has 3 aromatic rings. The zero-order valence-electron chi connectivity index (χ0n) is 18.9. The molecule has 0 radical (unpaired) electrons. The number of amides is 1. The van der Waals surface area contributed by atoms with Crippen molar-refractivity contribution in [2.45, 2.75) is 39.2 Å². The van der Waals surface area contributed by atoms with Gasteiger partial charge in [-0.25, -0.2) is 9.78 Å². The molecular weight excluding hydrogens is 416 g/mol. The van der Waals surface area contributed by atoms with Crippen LogP contribution in [-0.4, -0.2) is 52.3 Å². The number of fused-ring (bicyclic) bond motifs is 2. The molecule has 1 aromatic carbocycles. The zero-order chi connectivity index (χ0) is 22.6. The lowest BCUT2D eigenvalue weighted by atomic mass is 9.77. The van der Waals surface area contributed by atoms with Crippen LogP contribution < -0.4 is 4.90 Å². The number of cyclic esters (lactones) is 1. The third-order valence-corrected chi connectivity index (χ3v) is 8.01. The first kappa shape index (κ1) is 20.4. The molecule has 0 saturated carbocycles. The molecule has 3 aliphatic rings. The minimum absolute atomic E-state index is 0.207. The number of imidazole rings is 1. The average Bonchev–Trinajstić information content (AvgIpc) is 3.53. The Morgan fingerprint density at radius 3 is 2.76 bits per heavy atom. The van der Waals surface area contributed by atoms with Gasteiger partial charge in [-0.2, -0.15) is 0 Å². The van der Waals surface area contributed by atoms with Crippen LogP contribution in [-0.2, 0) is 22.6 Å². The molecule has 0 N–H and O–H groups in total. The summed E-state index contributed by atoms with van der Waals surface area (Å²) in [4.78, 5) is 33.9. The number of rotatable bonds is 4. The molecule has 0 unspecified atom stereocenters. The van der Waals surface area contributed by atoms with Gasteiger partial charge in [-0.1, -0.05) is 6.07 Å².